The van der Waals surface area contributed by atoms with E-state index in [0.717, 1.165) is 18.2 Å². The first-order valence-electron chi connectivity index (χ1n) is 3.87. The van der Waals surface area contributed by atoms with Crippen molar-refractivity contribution < 1.29 is 28.7 Å². The van der Waals surface area contributed by atoms with Crippen LogP contribution in [0.3, 0.4) is 0 Å². The number of rotatable bonds is 6. The van der Waals surface area contributed by atoms with Crippen LogP contribution in [0.25, 0.3) is 0 Å². The SMILES string of the molecule is CCCSCC(P(=O)(O)O)P(=O)(O)O. The molecule has 6 nitrogen and oxygen atoms in total. The molecule has 0 unspecified atom stereocenters. The lowest BCUT2D eigenvalue weighted by Crippen LogP contribution is -2.12. The Kier molecular flexibility index (Phi) is 5.92. The van der Waals surface area contributed by atoms with Crippen molar-refractivity contribution >= 4 is 27.0 Å². The topological polar surface area (TPSA) is 115 Å². The molecule has 0 aromatic rings. The number of hydrogen-bond acceptors (Lipinski definition) is 3. The lowest BCUT2D eigenvalue weighted by Gasteiger charge is -2.18. The zero-order valence-electron chi connectivity index (χ0n) is 7.61. The summed E-state index contributed by atoms with van der Waals surface area (Å²) in [6, 6.07) is 0. The van der Waals surface area contributed by atoms with Crippen LogP contribution in [0, 0.1) is 0 Å². The minimum atomic E-state index is -4.72. The average molecular weight is 264 g/mol. The average Bonchev–Trinajstić information content (AvgIpc) is 1.92. The van der Waals surface area contributed by atoms with Gasteiger partial charge in [-0.25, -0.2) is 0 Å². The van der Waals surface area contributed by atoms with Gasteiger partial charge in [0.1, 0.15) is 0 Å². The van der Waals surface area contributed by atoms with Gasteiger partial charge in [0.2, 0.25) is 0 Å². The molecule has 0 aromatic carbocycles. The lowest BCUT2D eigenvalue weighted by molar-refractivity contribution is 0.343. The third kappa shape index (κ3) is 5.51. The van der Waals surface area contributed by atoms with Crippen LogP contribution in [0.2, 0.25) is 0 Å². The molecule has 0 bridgehead atoms. The van der Waals surface area contributed by atoms with Crippen LogP contribution in [-0.2, 0) is 9.13 Å². The predicted octanol–water partition coefficient (Wildman–Crippen LogP) is 0.811. The Hall–Kier alpha value is 0.650. The maximum absolute atomic E-state index is 10.8. The molecule has 14 heavy (non-hydrogen) atoms. The van der Waals surface area contributed by atoms with Crippen molar-refractivity contribution in [3.05, 3.63) is 0 Å². The van der Waals surface area contributed by atoms with Crippen molar-refractivity contribution in [3.8, 4) is 0 Å². The maximum atomic E-state index is 10.8. The van der Waals surface area contributed by atoms with Crippen molar-refractivity contribution in [1.29, 1.82) is 0 Å². The molecule has 86 valence electrons. The fraction of sp³-hybridized carbons (Fsp3) is 1.00. The van der Waals surface area contributed by atoms with Gasteiger partial charge in [0.15, 0.2) is 5.40 Å². The first-order chi connectivity index (χ1) is 6.19. The molecule has 0 aromatic heterocycles. The monoisotopic (exact) mass is 264 g/mol. The molecule has 0 aliphatic rings. The van der Waals surface area contributed by atoms with Gasteiger partial charge in [-0.3, -0.25) is 9.13 Å². The van der Waals surface area contributed by atoms with Gasteiger partial charge in [0.05, 0.1) is 0 Å². The summed E-state index contributed by atoms with van der Waals surface area (Å²) >= 11 is 1.13. The molecular weight excluding hydrogens is 250 g/mol. The largest absolute Gasteiger partial charge is 0.341 e. The van der Waals surface area contributed by atoms with E-state index in [-0.39, 0.29) is 5.75 Å². The van der Waals surface area contributed by atoms with Gasteiger partial charge in [0, 0.05) is 5.75 Å². The van der Waals surface area contributed by atoms with Gasteiger partial charge < -0.3 is 19.6 Å². The summed E-state index contributed by atoms with van der Waals surface area (Å²) in [5.74, 6) is 0.402. The first-order valence-corrected chi connectivity index (χ1v) is 8.39. The fourth-order valence-corrected chi connectivity index (χ4v) is 5.14. The van der Waals surface area contributed by atoms with E-state index in [2.05, 4.69) is 0 Å². The van der Waals surface area contributed by atoms with Gasteiger partial charge in [-0.15, -0.1) is 0 Å². The summed E-state index contributed by atoms with van der Waals surface area (Å²) in [5, 5.41) is -1.87. The summed E-state index contributed by atoms with van der Waals surface area (Å²) < 4.78 is 21.5. The van der Waals surface area contributed by atoms with Crippen LogP contribution in [0.5, 0.6) is 0 Å². The van der Waals surface area contributed by atoms with Crippen molar-refractivity contribution in [1.82, 2.24) is 0 Å². The standard InChI is InChI=1S/C5H14O6P2S/c1-2-3-14-4-5(12(6,7)8)13(9,10)11/h5H,2-4H2,1H3,(H2,6,7,8)(H2,9,10,11). The van der Waals surface area contributed by atoms with Crippen molar-refractivity contribution in [3.63, 3.8) is 0 Å². The molecule has 0 saturated carbocycles. The highest BCUT2D eigenvalue weighted by molar-refractivity contribution is 8.00. The van der Waals surface area contributed by atoms with Gasteiger partial charge in [0.25, 0.3) is 0 Å². The lowest BCUT2D eigenvalue weighted by atomic mass is 10.6. The smallest absolute Gasteiger partial charge is 0.324 e. The Morgan fingerprint density at radius 2 is 1.57 bits per heavy atom. The van der Waals surface area contributed by atoms with Gasteiger partial charge in [-0.05, 0) is 12.2 Å². The molecule has 0 atom stereocenters. The quantitative estimate of drug-likeness (QED) is 0.414. The highest BCUT2D eigenvalue weighted by atomic mass is 32.2. The van der Waals surface area contributed by atoms with E-state index in [9.17, 15) is 9.13 Å². The first kappa shape index (κ1) is 14.6. The number of thioether (sulfide) groups is 1. The van der Waals surface area contributed by atoms with Gasteiger partial charge >= 0.3 is 15.2 Å². The Morgan fingerprint density at radius 3 is 1.86 bits per heavy atom. The zero-order chi connectivity index (χ0) is 11.4. The zero-order valence-corrected chi connectivity index (χ0v) is 10.2. The molecule has 0 saturated heterocycles. The molecule has 4 N–H and O–H groups in total. The summed E-state index contributed by atoms with van der Waals surface area (Å²) in [7, 11) is -9.44. The van der Waals surface area contributed by atoms with Gasteiger partial charge in [-0.1, -0.05) is 6.92 Å². The van der Waals surface area contributed by atoms with E-state index in [1.807, 2.05) is 6.92 Å². The minimum Gasteiger partial charge on any atom is -0.324 e. The summed E-state index contributed by atoms with van der Waals surface area (Å²) in [6.07, 6.45) is 0.791. The maximum Gasteiger partial charge on any atom is 0.341 e. The Morgan fingerprint density at radius 1 is 1.14 bits per heavy atom. The van der Waals surface area contributed by atoms with E-state index in [4.69, 9.17) is 19.6 Å². The van der Waals surface area contributed by atoms with E-state index in [1.165, 1.54) is 0 Å². The molecular formula is C5H14O6P2S. The molecule has 0 aliphatic heterocycles. The van der Waals surface area contributed by atoms with E-state index >= 15 is 0 Å². The molecule has 0 spiro atoms. The van der Waals surface area contributed by atoms with Crippen molar-refractivity contribution in [2.45, 2.75) is 18.7 Å². The highest BCUT2D eigenvalue weighted by Gasteiger charge is 2.42. The third-order valence-corrected chi connectivity index (χ3v) is 6.88. The summed E-state index contributed by atoms with van der Waals surface area (Å²) in [4.78, 5) is 34.9. The minimum absolute atomic E-state index is 0.220. The van der Waals surface area contributed by atoms with E-state index < -0.39 is 20.6 Å². The molecule has 0 fully saturated rings. The fourth-order valence-electron chi connectivity index (χ4n) is 0.723. The second kappa shape index (κ2) is 5.66. The van der Waals surface area contributed by atoms with Crippen molar-refractivity contribution in [2.24, 2.45) is 0 Å². The van der Waals surface area contributed by atoms with Crippen LogP contribution >= 0.6 is 27.0 Å². The van der Waals surface area contributed by atoms with Crippen LogP contribution in [0.4, 0.5) is 0 Å². The predicted molar refractivity (Wildman–Crippen MR) is 55.5 cm³/mol. The molecule has 0 aliphatic carbocycles. The highest BCUT2D eigenvalue weighted by Crippen LogP contribution is 2.60. The second-order valence-corrected chi connectivity index (χ2v) is 7.89. The molecule has 0 radical (unpaired) electrons. The van der Waals surface area contributed by atoms with Gasteiger partial charge in [-0.2, -0.15) is 11.8 Å². The van der Waals surface area contributed by atoms with E-state index in [1.54, 1.807) is 0 Å². The summed E-state index contributed by atoms with van der Waals surface area (Å²) in [6.45, 7) is 1.87. The normalized spacial score (nSPS) is 13.6. The van der Waals surface area contributed by atoms with Crippen LogP contribution < -0.4 is 0 Å². The molecule has 0 rings (SSSR count). The number of hydrogen-bond donors (Lipinski definition) is 4. The molecule has 9 heteroatoms. The molecule has 0 heterocycles. The van der Waals surface area contributed by atoms with Crippen LogP contribution in [0.15, 0.2) is 0 Å². The van der Waals surface area contributed by atoms with Crippen molar-refractivity contribution in [2.75, 3.05) is 11.5 Å². The Labute approximate surface area is 86.4 Å². The second-order valence-electron chi connectivity index (χ2n) is 2.73. The Bertz CT molecular complexity index is 235. The summed E-state index contributed by atoms with van der Waals surface area (Å²) in [5.41, 5.74) is 0. The third-order valence-electron chi connectivity index (χ3n) is 1.39. The molecule has 0 amide bonds. The van der Waals surface area contributed by atoms with Crippen LogP contribution in [-0.4, -0.2) is 36.5 Å². The van der Waals surface area contributed by atoms with Crippen LogP contribution in [0.1, 0.15) is 13.3 Å². The van der Waals surface area contributed by atoms with E-state index in [0.29, 0.717) is 5.75 Å². The Balaban J connectivity index is 4.45.